The molecule has 0 bridgehead atoms. The van der Waals surface area contributed by atoms with Gasteiger partial charge in [0.1, 0.15) is 5.60 Å². The molecular weight excluding hydrogens is 316 g/mol. The van der Waals surface area contributed by atoms with E-state index in [4.69, 9.17) is 10.5 Å². The van der Waals surface area contributed by atoms with Gasteiger partial charge >= 0.3 is 6.09 Å². The summed E-state index contributed by atoms with van der Waals surface area (Å²) in [6.07, 6.45) is 0.511. The van der Waals surface area contributed by atoms with Gasteiger partial charge in [0.25, 0.3) is 0 Å². The van der Waals surface area contributed by atoms with E-state index in [2.05, 4.69) is 5.32 Å². The minimum absolute atomic E-state index is 0.0174. The van der Waals surface area contributed by atoms with Crippen molar-refractivity contribution in [2.45, 2.75) is 43.1 Å². The van der Waals surface area contributed by atoms with Crippen LogP contribution in [0.1, 0.15) is 32.3 Å². The molecule has 0 radical (unpaired) electrons. The van der Waals surface area contributed by atoms with Crippen LogP contribution in [0.4, 0.5) is 4.79 Å². The van der Waals surface area contributed by atoms with Gasteiger partial charge in [0.2, 0.25) is 0 Å². The lowest BCUT2D eigenvalue weighted by Gasteiger charge is -2.24. The zero-order valence-corrected chi connectivity index (χ0v) is 14.7. The highest BCUT2D eigenvalue weighted by molar-refractivity contribution is 7.91. The van der Waals surface area contributed by atoms with E-state index < -0.39 is 32.3 Å². The molecule has 0 spiro atoms. The fourth-order valence-corrected chi connectivity index (χ4v) is 4.98. The van der Waals surface area contributed by atoms with Crippen molar-refractivity contribution in [2.75, 3.05) is 12.8 Å². The van der Waals surface area contributed by atoms with Crippen molar-refractivity contribution in [2.24, 2.45) is 5.73 Å². The van der Waals surface area contributed by atoms with E-state index in [1.807, 2.05) is 30.3 Å². The molecule has 1 amide bonds. The monoisotopic (exact) mass is 340 g/mol. The highest BCUT2D eigenvalue weighted by Crippen LogP contribution is 2.55. The van der Waals surface area contributed by atoms with Crippen LogP contribution < -0.4 is 11.1 Å². The predicted molar refractivity (Wildman–Crippen MR) is 89.0 cm³/mol. The number of benzene rings is 1. The molecule has 1 aliphatic rings. The molecular formula is C16H24N2O4S. The molecule has 2 rings (SSSR count). The zero-order valence-electron chi connectivity index (χ0n) is 13.9. The molecule has 0 unspecified atom stereocenters. The molecule has 0 aromatic heterocycles. The van der Waals surface area contributed by atoms with Gasteiger partial charge in [-0.3, -0.25) is 0 Å². The summed E-state index contributed by atoms with van der Waals surface area (Å²) < 4.78 is 29.6. The summed E-state index contributed by atoms with van der Waals surface area (Å²) in [4.78, 5) is 12.1. The maximum Gasteiger partial charge on any atom is 0.408 e. The van der Waals surface area contributed by atoms with Gasteiger partial charge in [0.05, 0.1) is 10.8 Å². The molecule has 0 heterocycles. The van der Waals surface area contributed by atoms with E-state index in [-0.39, 0.29) is 12.5 Å². The second-order valence-electron chi connectivity index (χ2n) is 7.01. The lowest BCUT2D eigenvalue weighted by atomic mass is 10.1. The van der Waals surface area contributed by atoms with Gasteiger partial charge < -0.3 is 15.8 Å². The highest BCUT2D eigenvalue weighted by atomic mass is 32.2. The number of nitrogens with one attached hydrogen (secondary N) is 1. The zero-order chi connectivity index (χ0) is 17.5. The Morgan fingerprint density at radius 2 is 1.87 bits per heavy atom. The average molecular weight is 340 g/mol. The van der Waals surface area contributed by atoms with Gasteiger partial charge in [0, 0.05) is 18.7 Å². The maximum absolute atomic E-state index is 12.2. The van der Waals surface area contributed by atoms with Crippen molar-refractivity contribution < 1.29 is 17.9 Å². The Bertz CT molecular complexity index is 682. The molecule has 0 saturated heterocycles. The molecule has 1 aromatic rings. The second kappa shape index (κ2) is 5.79. The number of carbonyl (C=O) groups excluding carboxylic acids is 1. The quantitative estimate of drug-likeness (QED) is 0.864. The molecule has 6 nitrogen and oxygen atoms in total. The van der Waals surface area contributed by atoms with Crippen molar-refractivity contribution >= 4 is 15.9 Å². The molecule has 0 aliphatic heterocycles. The SMILES string of the molecule is CC(C)(C)OC(=O)N[C@]1(CN)[C@H](c2ccccc2)[C@@H]1S(C)(=O)=O. The van der Waals surface area contributed by atoms with Crippen molar-refractivity contribution in [1.82, 2.24) is 5.32 Å². The third kappa shape index (κ3) is 3.67. The standard InChI is InChI=1S/C16H24N2O4S/c1-15(2,3)22-14(19)18-16(10-17)12(13(16)23(4,20)21)11-8-6-5-7-9-11/h5-9,12-13H,10,17H2,1-4H3,(H,18,19)/t12-,13+,16-/m1/s1. The molecule has 1 aromatic carbocycles. The van der Waals surface area contributed by atoms with Crippen LogP contribution in [-0.2, 0) is 14.6 Å². The van der Waals surface area contributed by atoms with Crippen molar-refractivity contribution in [3.63, 3.8) is 0 Å². The van der Waals surface area contributed by atoms with Gasteiger partial charge in [-0.05, 0) is 26.3 Å². The number of hydrogen-bond donors (Lipinski definition) is 2. The van der Waals surface area contributed by atoms with Gasteiger partial charge in [-0.2, -0.15) is 0 Å². The first-order valence-electron chi connectivity index (χ1n) is 7.46. The summed E-state index contributed by atoms with van der Waals surface area (Å²) in [7, 11) is -3.39. The molecule has 1 aliphatic carbocycles. The lowest BCUT2D eigenvalue weighted by molar-refractivity contribution is 0.0497. The van der Waals surface area contributed by atoms with Crippen LogP contribution >= 0.6 is 0 Å². The Balaban J connectivity index is 2.33. The topological polar surface area (TPSA) is 98.5 Å². The van der Waals surface area contributed by atoms with Crippen LogP contribution in [0.2, 0.25) is 0 Å². The van der Waals surface area contributed by atoms with Crippen LogP contribution in [0.25, 0.3) is 0 Å². The lowest BCUT2D eigenvalue weighted by Crippen LogP contribution is -2.48. The van der Waals surface area contributed by atoms with Gasteiger partial charge in [-0.25, -0.2) is 13.2 Å². The first kappa shape index (κ1) is 17.7. The van der Waals surface area contributed by atoms with Crippen LogP contribution in [-0.4, -0.2) is 43.7 Å². The van der Waals surface area contributed by atoms with E-state index in [1.165, 1.54) is 6.26 Å². The third-order valence-corrected chi connectivity index (χ3v) is 5.56. The summed E-state index contributed by atoms with van der Waals surface area (Å²) in [5.41, 5.74) is 5.00. The Hall–Kier alpha value is -1.60. The number of hydrogen-bond acceptors (Lipinski definition) is 5. The number of carbonyl (C=O) groups is 1. The van der Waals surface area contributed by atoms with Gasteiger partial charge in [0.15, 0.2) is 9.84 Å². The van der Waals surface area contributed by atoms with Gasteiger partial charge in [-0.15, -0.1) is 0 Å². The van der Waals surface area contributed by atoms with E-state index in [0.29, 0.717) is 0 Å². The Kier molecular flexibility index (Phi) is 4.47. The summed E-state index contributed by atoms with van der Waals surface area (Å²) in [5, 5.41) is 1.96. The van der Waals surface area contributed by atoms with Crippen molar-refractivity contribution in [1.29, 1.82) is 0 Å². The first-order valence-corrected chi connectivity index (χ1v) is 9.42. The molecule has 3 atom stereocenters. The van der Waals surface area contributed by atoms with Gasteiger partial charge in [-0.1, -0.05) is 30.3 Å². The number of sulfone groups is 1. The first-order chi connectivity index (χ1) is 10.5. The number of amides is 1. The summed E-state index contributed by atoms with van der Waals surface area (Å²) in [5.74, 6) is -0.379. The summed E-state index contributed by atoms with van der Waals surface area (Å²) in [6.45, 7) is 5.26. The predicted octanol–water partition coefficient (Wildman–Crippen LogP) is 1.42. The second-order valence-corrected chi connectivity index (χ2v) is 9.18. The molecule has 7 heteroatoms. The summed E-state index contributed by atoms with van der Waals surface area (Å²) in [6, 6.07) is 9.21. The van der Waals surface area contributed by atoms with Crippen LogP contribution in [0.3, 0.4) is 0 Å². The third-order valence-electron chi connectivity index (χ3n) is 3.95. The molecule has 1 saturated carbocycles. The molecule has 128 valence electrons. The van der Waals surface area contributed by atoms with Crippen molar-refractivity contribution in [3.8, 4) is 0 Å². The average Bonchev–Trinajstić information content (AvgIpc) is 3.06. The maximum atomic E-state index is 12.2. The van der Waals surface area contributed by atoms with E-state index >= 15 is 0 Å². The smallest absolute Gasteiger partial charge is 0.408 e. The Morgan fingerprint density at radius 3 is 2.30 bits per heavy atom. The largest absolute Gasteiger partial charge is 0.444 e. The number of alkyl carbamates (subject to hydrolysis) is 1. The van der Waals surface area contributed by atoms with Crippen LogP contribution in [0.5, 0.6) is 0 Å². The van der Waals surface area contributed by atoms with Crippen molar-refractivity contribution in [3.05, 3.63) is 35.9 Å². The fourth-order valence-electron chi connectivity index (χ4n) is 3.10. The minimum Gasteiger partial charge on any atom is -0.444 e. The molecule has 1 fully saturated rings. The molecule has 23 heavy (non-hydrogen) atoms. The Labute approximate surface area is 137 Å². The van der Waals surface area contributed by atoms with E-state index in [1.54, 1.807) is 20.8 Å². The highest BCUT2D eigenvalue weighted by Gasteiger charge is 2.70. The number of nitrogens with two attached hydrogens (primary N) is 1. The minimum atomic E-state index is -3.39. The normalized spacial score (nSPS) is 27.3. The number of rotatable bonds is 4. The van der Waals surface area contributed by atoms with E-state index in [0.717, 1.165) is 5.56 Å². The summed E-state index contributed by atoms with van der Waals surface area (Å²) >= 11 is 0. The van der Waals surface area contributed by atoms with Crippen LogP contribution in [0, 0.1) is 0 Å². The molecule has 3 N–H and O–H groups in total. The number of ether oxygens (including phenoxy) is 1. The fraction of sp³-hybridized carbons (Fsp3) is 0.562. The van der Waals surface area contributed by atoms with E-state index in [9.17, 15) is 13.2 Å². The van der Waals surface area contributed by atoms with Crippen LogP contribution in [0.15, 0.2) is 30.3 Å². The Morgan fingerprint density at radius 1 is 1.30 bits per heavy atom.